The zero-order valence-electron chi connectivity index (χ0n) is 12.0. The van der Waals surface area contributed by atoms with E-state index in [0.29, 0.717) is 31.9 Å². The topological polar surface area (TPSA) is 53.5 Å². The fraction of sp³-hybridized carbons (Fsp3) is 0.312. The fourth-order valence-electron chi connectivity index (χ4n) is 2.59. The average Bonchev–Trinajstić information content (AvgIpc) is 2.54. The van der Waals surface area contributed by atoms with Crippen molar-refractivity contribution >= 4 is 22.6 Å². The molecule has 2 aromatic rings. The van der Waals surface area contributed by atoms with E-state index >= 15 is 0 Å². The number of carbonyl (C=O) groups excluding carboxylic acids is 2. The molecule has 0 saturated carbocycles. The van der Waals surface area contributed by atoms with Crippen LogP contribution in [0.4, 0.5) is 0 Å². The lowest BCUT2D eigenvalue weighted by molar-refractivity contribution is -0.130. The Morgan fingerprint density at radius 2 is 1.62 bits per heavy atom. The van der Waals surface area contributed by atoms with Crippen molar-refractivity contribution in [3.63, 3.8) is 0 Å². The van der Waals surface area contributed by atoms with Gasteiger partial charge in [-0.25, -0.2) is 0 Å². The van der Waals surface area contributed by atoms with Crippen LogP contribution < -0.4 is 0 Å². The first-order valence-electron chi connectivity index (χ1n) is 7.05. The smallest absolute Gasteiger partial charge is 0.272 e. The van der Waals surface area contributed by atoms with E-state index in [1.165, 1.54) is 0 Å². The van der Waals surface area contributed by atoms with Gasteiger partial charge in [-0.15, -0.1) is 0 Å². The number of piperazine rings is 1. The van der Waals surface area contributed by atoms with Gasteiger partial charge >= 0.3 is 0 Å². The van der Waals surface area contributed by atoms with Gasteiger partial charge in [-0.2, -0.15) is 0 Å². The van der Waals surface area contributed by atoms with Crippen LogP contribution >= 0.6 is 0 Å². The number of benzene rings is 1. The van der Waals surface area contributed by atoms with E-state index in [-0.39, 0.29) is 11.8 Å². The first kappa shape index (κ1) is 13.5. The molecule has 1 aromatic heterocycles. The van der Waals surface area contributed by atoms with Crippen molar-refractivity contribution in [3.05, 3.63) is 42.2 Å². The van der Waals surface area contributed by atoms with Gasteiger partial charge in [0.2, 0.25) is 5.91 Å². The molecule has 1 aliphatic heterocycles. The third kappa shape index (κ3) is 2.72. The Morgan fingerprint density at radius 1 is 1.00 bits per heavy atom. The minimum atomic E-state index is -0.0658. The molecule has 0 atom stereocenters. The van der Waals surface area contributed by atoms with Crippen molar-refractivity contribution in [3.8, 4) is 0 Å². The largest absolute Gasteiger partial charge is 0.339 e. The Balaban J connectivity index is 1.76. The summed E-state index contributed by atoms with van der Waals surface area (Å²) in [6.07, 6.45) is 1.73. The van der Waals surface area contributed by atoms with E-state index in [2.05, 4.69) is 4.98 Å². The van der Waals surface area contributed by atoms with E-state index < -0.39 is 0 Å². The van der Waals surface area contributed by atoms with Crippen molar-refractivity contribution in [1.29, 1.82) is 0 Å². The highest BCUT2D eigenvalue weighted by Crippen LogP contribution is 2.15. The van der Waals surface area contributed by atoms with Crippen LogP contribution in [0.1, 0.15) is 17.4 Å². The lowest BCUT2D eigenvalue weighted by Gasteiger charge is -2.34. The molecular formula is C16H17N3O2. The number of rotatable bonds is 1. The summed E-state index contributed by atoms with van der Waals surface area (Å²) in [7, 11) is 0. The van der Waals surface area contributed by atoms with Crippen molar-refractivity contribution < 1.29 is 9.59 Å². The number of aromatic nitrogens is 1. The lowest BCUT2D eigenvalue weighted by Crippen LogP contribution is -2.50. The van der Waals surface area contributed by atoms with Gasteiger partial charge in [0.25, 0.3) is 5.91 Å². The molecule has 0 spiro atoms. The maximum absolute atomic E-state index is 12.5. The molecule has 1 aromatic carbocycles. The maximum Gasteiger partial charge on any atom is 0.272 e. The third-order valence-corrected chi connectivity index (χ3v) is 3.86. The average molecular weight is 283 g/mol. The maximum atomic E-state index is 12.5. The molecule has 3 rings (SSSR count). The minimum Gasteiger partial charge on any atom is -0.339 e. The van der Waals surface area contributed by atoms with Crippen LogP contribution in [0.15, 0.2) is 36.5 Å². The zero-order chi connectivity index (χ0) is 14.8. The van der Waals surface area contributed by atoms with Crippen molar-refractivity contribution in [2.75, 3.05) is 26.2 Å². The second kappa shape index (κ2) is 5.52. The quantitative estimate of drug-likeness (QED) is 0.797. The minimum absolute atomic E-state index is 0.0610. The number of hydrogen-bond acceptors (Lipinski definition) is 3. The monoisotopic (exact) mass is 283 g/mol. The van der Waals surface area contributed by atoms with Gasteiger partial charge in [0.1, 0.15) is 5.69 Å². The molecule has 21 heavy (non-hydrogen) atoms. The second-order valence-electron chi connectivity index (χ2n) is 5.21. The molecule has 5 heteroatoms. The zero-order valence-corrected chi connectivity index (χ0v) is 12.0. The molecule has 1 saturated heterocycles. The third-order valence-electron chi connectivity index (χ3n) is 3.86. The number of amides is 2. The molecule has 2 amide bonds. The number of pyridine rings is 1. The molecule has 5 nitrogen and oxygen atoms in total. The molecule has 1 aliphatic rings. The van der Waals surface area contributed by atoms with Gasteiger partial charge in [-0.3, -0.25) is 14.6 Å². The summed E-state index contributed by atoms with van der Waals surface area (Å²) in [5, 5.41) is 2.04. The molecule has 0 bridgehead atoms. The highest BCUT2D eigenvalue weighted by atomic mass is 16.2. The summed E-state index contributed by atoms with van der Waals surface area (Å²) in [5.74, 6) is -0.00474. The van der Waals surface area contributed by atoms with Crippen LogP contribution in [0.25, 0.3) is 10.8 Å². The number of nitrogens with zero attached hydrogens (tertiary/aromatic N) is 3. The summed E-state index contributed by atoms with van der Waals surface area (Å²) >= 11 is 0. The number of fused-ring (bicyclic) bond motifs is 1. The van der Waals surface area contributed by atoms with Crippen molar-refractivity contribution in [2.24, 2.45) is 0 Å². The van der Waals surface area contributed by atoms with Crippen molar-refractivity contribution in [2.45, 2.75) is 6.92 Å². The number of carbonyl (C=O) groups is 2. The van der Waals surface area contributed by atoms with E-state index in [9.17, 15) is 9.59 Å². The molecule has 108 valence electrons. The predicted octanol–water partition coefficient (Wildman–Crippen LogP) is 1.54. The highest BCUT2D eigenvalue weighted by molar-refractivity contribution is 5.96. The van der Waals surface area contributed by atoms with E-state index in [0.717, 1.165) is 10.8 Å². The van der Waals surface area contributed by atoms with Crippen LogP contribution in [0.5, 0.6) is 0 Å². The SMILES string of the molecule is CC(=O)N1CCN(C(=O)c2cc3ccccc3cn2)CC1. The number of hydrogen-bond donors (Lipinski definition) is 0. The van der Waals surface area contributed by atoms with Gasteiger partial charge in [-0.05, 0) is 11.5 Å². The molecule has 0 unspecified atom stereocenters. The molecule has 2 heterocycles. The van der Waals surface area contributed by atoms with Crippen LogP contribution in [-0.2, 0) is 4.79 Å². The molecular weight excluding hydrogens is 266 g/mol. The lowest BCUT2D eigenvalue weighted by atomic mass is 10.1. The first-order chi connectivity index (χ1) is 10.1. The Labute approximate surface area is 123 Å². The molecule has 0 radical (unpaired) electrons. The molecule has 1 fully saturated rings. The Hall–Kier alpha value is -2.43. The second-order valence-corrected chi connectivity index (χ2v) is 5.21. The van der Waals surface area contributed by atoms with Crippen LogP contribution in [0, 0.1) is 0 Å². The predicted molar refractivity (Wildman–Crippen MR) is 79.9 cm³/mol. The fourth-order valence-corrected chi connectivity index (χ4v) is 2.59. The van der Waals surface area contributed by atoms with Gasteiger partial charge in [0.15, 0.2) is 0 Å². The van der Waals surface area contributed by atoms with Crippen LogP contribution in [0.3, 0.4) is 0 Å². The van der Waals surface area contributed by atoms with E-state index in [4.69, 9.17) is 0 Å². The van der Waals surface area contributed by atoms with Crippen LogP contribution in [-0.4, -0.2) is 52.8 Å². The highest BCUT2D eigenvalue weighted by Gasteiger charge is 2.23. The summed E-state index contributed by atoms with van der Waals surface area (Å²) in [6, 6.07) is 9.67. The summed E-state index contributed by atoms with van der Waals surface area (Å²) < 4.78 is 0. The Bertz CT molecular complexity index is 691. The summed E-state index contributed by atoms with van der Waals surface area (Å²) in [4.78, 5) is 31.6. The Morgan fingerprint density at radius 3 is 2.29 bits per heavy atom. The van der Waals surface area contributed by atoms with Crippen LogP contribution in [0.2, 0.25) is 0 Å². The van der Waals surface area contributed by atoms with Gasteiger partial charge in [0, 0.05) is 44.7 Å². The summed E-state index contributed by atoms with van der Waals surface area (Å²) in [6.45, 7) is 3.87. The van der Waals surface area contributed by atoms with Crippen molar-refractivity contribution in [1.82, 2.24) is 14.8 Å². The van der Waals surface area contributed by atoms with Gasteiger partial charge < -0.3 is 9.80 Å². The standard InChI is InChI=1S/C16H17N3O2/c1-12(20)18-6-8-19(9-7-18)16(21)15-10-13-4-2-3-5-14(13)11-17-15/h2-5,10-11H,6-9H2,1H3. The van der Waals surface area contributed by atoms with Gasteiger partial charge in [0.05, 0.1) is 0 Å². The first-order valence-corrected chi connectivity index (χ1v) is 7.05. The van der Waals surface area contributed by atoms with Gasteiger partial charge in [-0.1, -0.05) is 24.3 Å². The Kier molecular flexibility index (Phi) is 3.56. The molecule has 0 N–H and O–H groups in total. The van der Waals surface area contributed by atoms with E-state index in [1.54, 1.807) is 22.9 Å². The van der Waals surface area contributed by atoms with E-state index in [1.807, 2.05) is 30.3 Å². The normalized spacial score (nSPS) is 15.3. The summed E-state index contributed by atoms with van der Waals surface area (Å²) in [5.41, 5.74) is 0.463. The molecule has 0 aliphatic carbocycles.